The summed E-state index contributed by atoms with van der Waals surface area (Å²) in [5.74, 6) is -0.0646. The van der Waals surface area contributed by atoms with Crippen LogP contribution in [0.1, 0.15) is 23.7 Å². The molecular formula is C12H16BrNO2. The molecule has 0 heterocycles. The van der Waals surface area contributed by atoms with Crippen molar-refractivity contribution in [1.82, 2.24) is 5.32 Å². The Labute approximate surface area is 104 Å². The van der Waals surface area contributed by atoms with E-state index in [-0.39, 0.29) is 11.9 Å². The lowest BCUT2D eigenvalue weighted by molar-refractivity contribution is 0.0894. The molecule has 0 unspecified atom stereocenters. The molecule has 0 aliphatic rings. The Morgan fingerprint density at radius 2 is 2.31 bits per heavy atom. The van der Waals surface area contributed by atoms with E-state index in [1.807, 2.05) is 19.1 Å². The van der Waals surface area contributed by atoms with Crippen molar-refractivity contribution in [1.29, 1.82) is 0 Å². The molecule has 0 aliphatic heterocycles. The van der Waals surface area contributed by atoms with Gasteiger partial charge in [0.05, 0.1) is 12.6 Å². The first kappa shape index (κ1) is 13.2. The molecule has 1 N–H and O–H groups in total. The molecule has 0 saturated heterocycles. The van der Waals surface area contributed by atoms with E-state index < -0.39 is 0 Å². The second kappa shape index (κ2) is 6.66. The minimum atomic E-state index is -0.0646. The standard InChI is InChI=1S/C12H16BrNO2/c1-3-11(8-16-2)14-12(15)9-5-4-6-10(13)7-9/h4-7,11H,3,8H2,1-2H3,(H,14,15)/t11-/m1/s1. The van der Waals surface area contributed by atoms with Gasteiger partial charge in [-0.25, -0.2) is 0 Å². The lowest BCUT2D eigenvalue weighted by Gasteiger charge is -2.15. The summed E-state index contributed by atoms with van der Waals surface area (Å²) in [6.45, 7) is 2.56. The van der Waals surface area contributed by atoms with Crippen LogP contribution in [0.15, 0.2) is 28.7 Å². The van der Waals surface area contributed by atoms with Gasteiger partial charge in [0.15, 0.2) is 0 Å². The summed E-state index contributed by atoms with van der Waals surface area (Å²) in [7, 11) is 1.63. The van der Waals surface area contributed by atoms with Crippen molar-refractivity contribution in [2.45, 2.75) is 19.4 Å². The molecular weight excluding hydrogens is 270 g/mol. The van der Waals surface area contributed by atoms with Crippen LogP contribution in [0.3, 0.4) is 0 Å². The third kappa shape index (κ3) is 3.94. The quantitative estimate of drug-likeness (QED) is 0.903. The Hall–Kier alpha value is -0.870. The monoisotopic (exact) mass is 285 g/mol. The molecule has 0 spiro atoms. The van der Waals surface area contributed by atoms with Gasteiger partial charge in [-0.05, 0) is 24.6 Å². The van der Waals surface area contributed by atoms with Crippen LogP contribution in [0.4, 0.5) is 0 Å². The van der Waals surface area contributed by atoms with Gasteiger partial charge in [-0.1, -0.05) is 28.9 Å². The molecule has 88 valence electrons. The number of methoxy groups -OCH3 is 1. The third-order valence-corrected chi connectivity index (χ3v) is 2.78. The van der Waals surface area contributed by atoms with Crippen LogP contribution < -0.4 is 5.32 Å². The minimum Gasteiger partial charge on any atom is -0.383 e. The molecule has 1 aromatic rings. The number of halogens is 1. The molecule has 0 radical (unpaired) electrons. The molecule has 3 nitrogen and oxygen atoms in total. The fourth-order valence-corrected chi connectivity index (χ4v) is 1.76. The molecule has 4 heteroatoms. The third-order valence-electron chi connectivity index (χ3n) is 2.28. The molecule has 0 bridgehead atoms. The maximum absolute atomic E-state index is 11.9. The number of rotatable bonds is 5. The summed E-state index contributed by atoms with van der Waals surface area (Å²) in [5.41, 5.74) is 0.656. The fraction of sp³-hybridized carbons (Fsp3) is 0.417. The smallest absolute Gasteiger partial charge is 0.251 e. The largest absolute Gasteiger partial charge is 0.383 e. The van der Waals surface area contributed by atoms with Crippen molar-refractivity contribution in [3.8, 4) is 0 Å². The highest BCUT2D eigenvalue weighted by molar-refractivity contribution is 9.10. The van der Waals surface area contributed by atoms with Gasteiger partial charge >= 0.3 is 0 Å². The van der Waals surface area contributed by atoms with E-state index in [2.05, 4.69) is 21.2 Å². The van der Waals surface area contributed by atoms with Crippen molar-refractivity contribution in [2.75, 3.05) is 13.7 Å². The highest BCUT2D eigenvalue weighted by Gasteiger charge is 2.11. The molecule has 1 rings (SSSR count). The van der Waals surface area contributed by atoms with Crippen LogP contribution in [-0.2, 0) is 4.74 Å². The molecule has 1 atom stereocenters. The SMILES string of the molecule is CC[C@H](COC)NC(=O)c1cccc(Br)c1. The lowest BCUT2D eigenvalue weighted by Crippen LogP contribution is -2.37. The van der Waals surface area contributed by atoms with Crippen molar-refractivity contribution in [2.24, 2.45) is 0 Å². The normalized spacial score (nSPS) is 12.2. The summed E-state index contributed by atoms with van der Waals surface area (Å²) in [4.78, 5) is 11.9. The van der Waals surface area contributed by atoms with Crippen LogP contribution >= 0.6 is 15.9 Å². The first-order valence-electron chi connectivity index (χ1n) is 5.22. The number of ether oxygens (including phenoxy) is 1. The van der Waals surface area contributed by atoms with Crippen LogP contribution in [0.5, 0.6) is 0 Å². The molecule has 0 fully saturated rings. The average Bonchev–Trinajstić information content (AvgIpc) is 2.28. The minimum absolute atomic E-state index is 0.0646. The molecule has 0 saturated carbocycles. The number of hydrogen-bond acceptors (Lipinski definition) is 2. The fourth-order valence-electron chi connectivity index (χ4n) is 1.36. The van der Waals surface area contributed by atoms with Gasteiger partial charge in [-0.3, -0.25) is 4.79 Å². The second-order valence-corrected chi connectivity index (χ2v) is 4.46. The van der Waals surface area contributed by atoms with Crippen LogP contribution in [0.2, 0.25) is 0 Å². The Bertz CT molecular complexity index is 355. The number of benzene rings is 1. The summed E-state index contributed by atoms with van der Waals surface area (Å²) >= 11 is 3.34. The highest BCUT2D eigenvalue weighted by atomic mass is 79.9. The van der Waals surface area contributed by atoms with E-state index in [9.17, 15) is 4.79 Å². The average molecular weight is 286 g/mol. The maximum atomic E-state index is 11.9. The zero-order valence-corrected chi connectivity index (χ0v) is 11.1. The maximum Gasteiger partial charge on any atom is 0.251 e. The highest BCUT2D eigenvalue weighted by Crippen LogP contribution is 2.11. The molecule has 16 heavy (non-hydrogen) atoms. The van der Waals surface area contributed by atoms with Crippen molar-refractivity contribution >= 4 is 21.8 Å². The van der Waals surface area contributed by atoms with E-state index in [0.29, 0.717) is 12.2 Å². The van der Waals surface area contributed by atoms with Crippen molar-refractivity contribution < 1.29 is 9.53 Å². The van der Waals surface area contributed by atoms with Gasteiger partial charge in [0.1, 0.15) is 0 Å². The number of amides is 1. The van der Waals surface area contributed by atoms with Gasteiger partial charge in [-0.2, -0.15) is 0 Å². The van der Waals surface area contributed by atoms with Crippen molar-refractivity contribution in [3.05, 3.63) is 34.3 Å². The molecule has 1 amide bonds. The lowest BCUT2D eigenvalue weighted by atomic mass is 10.2. The summed E-state index contributed by atoms with van der Waals surface area (Å²) < 4.78 is 5.93. The van der Waals surface area contributed by atoms with Crippen molar-refractivity contribution in [3.63, 3.8) is 0 Å². The molecule has 0 aromatic heterocycles. The van der Waals surface area contributed by atoms with Gasteiger partial charge in [-0.15, -0.1) is 0 Å². The van der Waals surface area contributed by atoms with E-state index >= 15 is 0 Å². The summed E-state index contributed by atoms with van der Waals surface area (Å²) in [6.07, 6.45) is 0.855. The van der Waals surface area contributed by atoms with Gasteiger partial charge in [0, 0.05) is 17.1 Å². The van der Waals surface area contributed by atoms with E-state index in [1.54, 1.807) is 19.2 Å². The summed E-state index contributed by atoms with van der Waals surface area (Å²) in [6, 6.07) is 7.39. The number of carbonyl (C=O) groups excluding carboxylic acids is 1. The Morgan fingerprint density at radius 3 is 2.88 bits per heavy atom. The molecule has 1 aromatic carbocycles. The Kier molecular flexibility index (Phi) is 5.49. The zero-order chi connectivity index (χ0) is 12.0. The van der Waals surface area contributed by atoms with Gasteiger partial charge in [0.2, 0.25) is 0 Å². The van der Waals surface area contributed by atoms with E-state index in [4.69, 9.17) is 4.74 Å². The van der Waals surface area contributed by atoms with Crippen LogP contribution in [0.25, 0.3) is 0 Å². The number of carbonyl (C=O) groups is 1. The van der Waals surface area contributed by atoms with E-state index in [1.165, 1.54) is 0 Å². The summed E-state index contributed by atoms with van der Waals surface area (Å²) in [5, 5.41) is 2.93. The zero-order valence-electron chi connectivity index (χ0n) is 9.50. The predicted octanol–water partition coefficient (Wildman–Crippen LogP) is 2.60. The first-order chi connectivity index (χ1) is 7.67. The number of nitrogens with one attached hydrogen (secondary N) is 1. The van der Waals surface area contributed by atoms with Gasteiger partial charge in [0.25, 0.3) is 5.91 Å². The number of hydrogen-bond donors (Lipinski definition) is 1. The second-order valence-electron chi connectivity index (χ2n) is 3.54. The Morgan fingerprint density at radius 1 is 1.56 bits per heavy atom. The predicted molar refractivity (Wildman–Crippen MR) is 67.6 cm³/mol. The first-order valence-corrected chi connectivity index (χ1v) is 6.02. The molecule has 0 aliphatic carbocycles. The van der Waals surface area contributed by atoms with Gasteiger partial charge < -0.3 is 10.1 Å². The van der Waals surface area contributed by atoms with Crippen LogP contribution in [-0.4, -0.2) is 25.7 Å². The van der Waals surface area contributed by atoms with Crippen LogP contribution in [0, 0.1) is 0 Å². The Balaban J connectivity index is 2.64. The topological polar surface area (TPSA) is 38.3 Å². The van der Waals surface area contributed by atoms with E-state index in [0.717, 1.165) is 10.9 Å².